The van der Waals surface area contributed by atoms with Gasteiger partial charge in [-0.3, -0.25) is 9.59 Å². The summed E-state index contributed by atoms with van der Waals surface area (Å²) in [6.45, 7) is 4.20. The number of rotatable bonds is 4. The molecule has 4 amide bonds. The van der Waals surface area contributed by atoms with Crippen molar-refractivity contribution in [2.45, 2.75) is 18.5 Å². The highest BCUT2D eigenvalue weighted by Crippen LogP contribution is 2.33. The van der Waals surface area contributed by atoms with Gasteiger partial charge in [-0.1, -0.05) is 18.2 Å². The molecule has 1 aromatic carbocycles. The molecule has 1 saturated heterocycles. The summed E-state index contributed by atoms with van der Waals surface area (Å²) < 4.78 is 0. The quantitative estimate of drug-likeness (QED) is 0.694. The zero-order chi connectivity index (χ0) is 19.7. The molecule has 2 aliphatic heterocycles. The molecule has 3 N–H and O–H groups in total. The van der Waals surface area contributed by atoms with Crippen LogP contribution in [0.3, 0.4) is 0 Å². The minimum Gasteiger partial charge on any atom is -0.335 e. The van der Waals surface area contributed by atoms with E-state index in [1.165, 1.54) is 0 Å². The molecule has 0 radical (unpaired) electrons. The van der Waals surface area contributed by atoms with E-state index >= 15 is 0 Å². The summed E-state index contributed by atoms with van der Waals surface area (Å²) >= 11 is 1.59. The molecule has 0 spiro atoms. The molecule has 1 fully saturated rings. The fourth-order valence-electron chi connectivity index (χ4n) is 3.61. The lowest BCUT2D eigenvalue weighted by Gasteiger charge is -2.20. The third-order valence-corrected chi connectivity index (χ3v) is 5.84. The van der Waals surface area contributed by atoms with Gasteiger partial charge in [0.25, 0.3) is 5.91 Å². The van der Waals surface area contributed by atoms with Crippen molar-refractivity contribution in [1.82, 2.24) is 15.5 Å². The van der Waals surface area contributed by atoms with Gasteiger partial charge in [0, 0.05) is 18.0 Å². The number of thiophene rings is 1. The van der Waals surface area contributed by atoms with Crippen LogP contribution >= 0.6 is 11.3 Å². The fraction of sp³-hybridized carbons (Fsp3) is 0.250. The summed E-state index contributed by atoms with van der Waals surface area (Å²) in [4.78, 5) is 40.4. The highest BCUT2D eigenvalue weighted by molar-refractivity contribution is 7.13. The Bertz CT molecular complexity index is 941. The predicted molar refractivity (Wildman–Crippen MR) is 108 cm³/mol. The summed E-state index contributed by atoms with van der Waals surface area (Å²) in [6.07, 6.45) is 1.96. The van der Waals surface area contributed by atoms with Gasteiger partial charge >= 0.3 is 6.03 Å². The van der Waals surface area contributed by atoms with E-state index in [9.17, 15) is 14.4 Å². The molecule has 2 aliphatic rings. The Morgan fingerprint density at radius 3 is 2.96 bits per heavy atom. The van der Waals surface area contributed by atoms with Gasteiger partial charge < -0.3 is 20.9 Å². The number of anilines is 1. The summed E-state index contributed by atoms with van der Waals surface area (Å²) in [5, 5.41) is 10.3. The van der Waals surface area contributed by atoms with Gasteiger partial charge in [0.2, 0.25) is 5.91 Å². The van der Waals surface area contributed by atoms with E-state index in [-0.39, 0.29) is 23.9 Å². The van der Waals surface area contributed by atoms with Gasteiger partial charge in [-0.25, -0.2) is 4.79 Å². The zero-order valence-electron chi connectivity index (χ0n) is 15.1. The highest BCUT2D eigenvalue weighted by Gasteiger charge is 2.43. The lowest BCUT2D eigenvalue weighted by atomic mass is 10.1. The van der Waals surface area contributed by atoms with Gasteiger partial charge in [-0.2, -0.15) is 0 Å². The monoisotopic (exact) mass is 396 g/mol. The Kier molecular flexibility index (Phi) is 4.87. The molecule has 1 aromatic heterocycles. The van der Waals surface area contributed by atoms with Crippen LogP contribution in [-0.2, 0) is 4.79 Å². The molecule has 0 saturated carbocycles. The Hall–Kier alpha value is -3.13. The zero-order valence-corrected chi connectivity index (χ0v) is 15.9. The van der Waals surface area contributed by atoms with Crippen LogP contribution in [0, 0.1) is 0 Å². The van der Waals surface area contributed by atoms with Gasteiger partial charge in [-0.15, -0.1) is 17.9 Å². The number of carbonyl (C=O) groups excluding carboxylic acids is 3. The maximum absolute atomic E-state index is 13.2. The van der Waals surface area contributed by atoms with Crippen LogP contribution in [0.5, 0.6) is 0 Å². The van der Waals surface area contributed by atoms with E-state index in [2.05, 4.69) is 22.5 Å². The first-order valence-electron chi connectivity index (χ1n) is 9.02. The van der Waals surface area contributed by atoms with Crippen molar-refractivity contribution >= 4 is 34.9 Å². The lowest BCUT2D eigenvalue weighted by molar-refractivity contribution is -0.119. The molecule has 3 heterocycles. The molecule has 0 unspecified atom stereocenters. The summed E-state index contributed by atoms with van der Waals surface area (Å²) in [6, 6.07) is 8.23. The number of hydrogen-bond acceptors (Lipinski definition) is 4. The van der Waals surface area contributed by atoms with E-state index in [1.807, 2.05) is 29.6 Å². The van der Waals surface area contributed by atoms with Crippen molar-refractivity contribution in [3.05, 3.63) is 53.9 Å². The van der Waals surface area contributed by atoms with Crippen LogP contribution in [0.1, 0.15) is 16.8 Å². The molecule has 0 bridgehead atoms. The molecule has 28 heavy (non-hydrogen) atoms. The van der Waals surface area contributed by atoms with Crippen LogP contribution in [0.15, 0.2) is 48.4 Å². The first-order chi connectivity index (χ1) is 13.6. The number of nitrogens with one attached hydrogen (secondary N) is 3. The van der Waals surface area contributed by atoms with E-state index in [1.54, 1.807) is 28.4 Å². The largest absolute Gasteiger partial charge is 0.335 e. The second-order valence-corrected chi connectivity index (χ2v) is 7.72. The number of amides is 4. The minimum atomic E-state index is -0.602. The Labute approximate surface area is 166 Å². The van der Waals surface area contributed by atoms with Crippen molar-refractivity contribution in [1.29, 1.82) is 0 Å². The van der Waals surface area contributed by atoms with E-state index < -0.39 is 6.04 Å². The fourth-order valence-corrected chi connectivity index (χ4v) is 4.34. The molecule has 0 aliphatic carbocycles. The Morgan fingerprint density at radius 1 is 1.36 bits per heavy atom. The molecular weight excluding hydrogens is 376 g/mol. The Balaban J connectivity index is 1.57. The molecule has 8 heteroatoms. The minimum absolute atomic E-state index is 0.201. The first kappa shape index (κ1) is 18.2. The average molecular weight is 396 g/mol. The van der Waals surface area contributed by atoms with Crippen molar-refractivity contribution < 1.29 is 14.4 Å². The maximum atomic E-state index is 13.2. The molecule has 144 valence electrons. The topological polar surface area (TPSA) is 90.5 Å². The number of nitrogens with zero attached hydrogens (tertiary/aromatic N) is 1. The van der Waals surface area contributed by atoms with Gasteiger partial charge in [0.1, 0.15) is 6.04 Å². The summed E-state index contributed by atoms with van der Waals surface area (Å²) in [5.41, 5.74) is 1.93. The van der Waals surface area contributed by atoms with Crippen LogP contribution in [0.4, 0.5) is 10.5 Å². The number of benzene rings is 1. The number of fused-ring (bicyclic) bond motifs is 2. The number of urea groups is 1. The molecule has 2 aromatic rings. The third kappa shape index (κ3) is 3.38. The first-order valence-corrected chi connectivity index (χ1v) is 9.90. The highest BCUT2D eigenvalue weighted by atomic mass is 32.1. The average Bonchev–Trinajstić information content (AvgIpc) is 3.34. The molecule has 4 rings (SSSR count). The number of carbonyl (C=O) groups is 3. The molecule has 7 nitrogen and oxygen atoms in total. The third-order valence-electron chi connectivity index (χ3n) is 4.92. The predicted octanol–water partition coefficient (Wildman–Crippen LogP) is 2.44. The standard InChI is InChI=1S/C20H20N4O3S/c1-2-7-21-20(27)22-13-10-16-18(25)23-15-6-5-12(17-4-3-8-28-17)9-14(15)19(26)24(16)11-13/h2-6,8-9,13,16H,1,7,10-11H2,(H,23,25)(H2,21,22,27)/t13-,16-/m1/s1. The van der Waals surface area contributed by atoms with E-state index in [0.29, 0.717) is 30.8 Å². The lowest BCUT2D eigenvalue weighted by Crippen LogP contribution is -2.44. The second-order valence-electron chi connectivity index (χ2n) is 6.78. The van der Waals surface area contributed by atoms with Crippen molar-refractivity contribution in [2.75, 3.05) is 18.4 Å². The molecule has 2 atom stereocenters. The summed E-state index contributed by atoms with van der Waals surface area (Å²) in [5.74, 6) is -0.431. The van der Waals surface area contributed by atoms with Crippen molar-refractivity contribution in [2.24, 2.45) is 0 Å². The van der Waals surface area contributed by atoms with Gasteiger partial charge in [0.15, 0.2) is 0 Å². The van der Waals surface area contributed by atoms with Crippen LogP contribution in [0.25, 0.3) is 10.4 Å². The summed E-state index contributed by atoms with van der Waals surface area (Å²) in [7, 11) is 0. The van der Waals surface area contributed by atoms with Crippen LogP contribution < -0.4 is 16.0 Å². The normalized spacial score (nSPS) is 20.6. The van der Waals surface area contributed by atoms with Crippen LogP contribution in [-0.4, -0.2) is 47.9 Å². The SMILES string of the molecule is C=CCNC(=O)N[C@@H]1C[C@@H]2C(=O)Nc3ccc(-c4cccs4)cc3C(=O)N2C1. The second kappa shape index (κ2) is 7.47. The number of hydrogen-bond donors (Lipinski definition) is 3. The Morgan fingerprint density at radius 2 is 2.21 bits per heavy atom. The van der Waals surface area contributed by atoms with Crippen molar-refractivity contribution in [3.63, 3.8) is 0 Å². The maximum Gasteiger partial charge on any atom is 0.315 e. The van der Waals surface area contributed by atoms with E-state index in [0.717, 1.165) is 10.4 Å². The van der Waals surface area contributed by atoms with E-state index in [4.69, 9.17) is 0 Å². The van der Waals surface area contributed by atoms with Crippen molar-refractivity contribution in [3.8, 4) is 10.4 Å². The molecular formula is C20H20N4O3S. The van der Waals surface area contributed by atoms with Gasteiger partial charge in [0.05, 0.1) is 17.3 Å². The smallest absolute Gasteiger partial charge is 0.315 e. The van der Waals surface area contributed by atoms with Gasteiger partial charge in [-0.05, 0) is 35.6 Å². The van der Waals surface area contributed by atoms with Crippen LogP contribution in [0.2, 0.25) is 0 Å².